The summed E-state index contributed by atoms with van der Waals surface area (Å²) in [5.74, 6) is 2.05. The van der Waals surface area contributed by atoms with Gasteiger partial charge in [0.2, 0.25) is 0 Å². The van der Waals surface area contributed by atoms with Crippen LogP contribution in [-0.2, 0) is 17.6 Å². The minimum atomic E-state index is 0.126. The van der Waals surface area contributed by atoms with Crippen molar-refractivity contribution in [2.45, 2.75) is 19.3 Å². The quantitative estimate of drug-likeness (QED) is 0.420. The van der Waals surface area contributed by atoms with Gasteiger partial charge < -0.3 is 9.15 Å². The summed E-state index contributed by atoms with van der Waals surface area (Å²) in [4.78, 5) is 20.7. The first-order chi connectivity index (χ1) is 13.7. The number of aromatic nitrogens is 2. The van der Waals surface area contributed by atoms with E-state index in [-0.39, 0.29) is 5.78 Å². The van der Waals surface area contributed by atoms with Crippen molar-refractivity contribution in [1.82, 2.24) is 9.97 Å². The van der Waals surface area contributed by atoms with Crippen molar-refractivity contribution < 1.29 is 13.9 Å². The van der Waals surface area contributed by atoms with Crippen LogP contribution in [0, 0.1) is 0 Å². The first-order valence-electron chi connectivity index (χ1n) is 8.89. The zero-order valence-electron chi connectivity index (χ0n) is 15.0. The lowest BCUT2D eigenvalue weighted by molar-refractivity contribution is -0.118. The molecule has 2 aromatic carbocycles. The van der Waals surface area contributed by atoms with Gasteiger partial charge in [-0.2, -0.15) is 0 Å². The van der Waals surface area contributed by atoms with Crippen LogP contribution in [0.25, 0.3) is 11.1 Å². The van der Waals surface area contributed by atoms with E-state index in [1.54, 1.807) is 24.5 Å². The van der Waals surface area contributed by atoms with Crippen LogP contribution in [0.5, 0.6) is 11.5 Å². The van der Waals surface area contributed by atoms with E-state index in [4.69, 9.17) is 20.8 Å². The number of hydrogen-bond acceptors (Lipinski definition) is 5. The van der Waals surface area contributed by atoms with E-state index in [0.29, 0.717) is 47.3 Å². The van der Waals surface area contributed by atoms with Crippen molar-refractivity contribution in [1.29, 1.82) is 0 Å². The smallest absolute Gasteiger partial charge is 0.195 e. The highest BCUT2D eigenvalue weighted by atomic mass is 35.5. The van der Waals surface area contributed by atoms with Crippen LogP contribution >= 0.6 is 11.6 Å². The fourth-order valence-electron chi connectivity index (χ4n) is 2.83. The van der Waals surface area contributed by atoms with Crippen LogP contribution in [0.4, 0.5) is 0 Å². The van der Waals surface area contributed by atoms with Gasteiger partial charge in [-0.05, 0) is 42.0 Å². The molecule has 6 heteroatoms. The van der Waals surface area contributed by atoms with Crippen molar-refractivity contribution in [3.63, 3.8) is 0 Å². The van der Waals surface area contributed by atoms with Gasteiger partial charge in [-0.1, -0.05) is 23.7 Å². The van der Waals surface area contributed by atoms with Crippen LogP contribution < -0.4 is 4.74 Å². The monoisotopic (exact) mass is 392 g/mol. The van der Waals surface area contributed by atoms with Gasteiger partial charge in [0.15, 0.2) is 11.5 Å². The third kappa shape index (κ3) is 4.56. The fourth-order valence-corrected chi connectivity index (χ4v) is 3.00. The van der Waals surface area contributed by atoms with Crippen LogP contribution in [0.3, 0.4) is 0 Å². The van der Waals surface area contributed by atoms with E-state index in [9.17, 15) is 4.79 Å². The summed E-state index contributed by atoms with van der Waals surface area (Å²) in [5.41, 5.74) is 2.32. The van der Waals surface area contributed by atoms with E-state index < -0.39 is 0 Å². The minimum absolute atomic E-state index is 0.126. The molecule has 140 valence electrons. The molecule has 0 bridgehead atoms. The number of fused-ring (bicyclic) bond motifs is 1. The van der Waals surface area contributed by atoms with Crippen molar-refractivity contribution >= 4 is 28.5 Å². The Kier molecular flexibility index (Phi) is 5.35. The summed E-state index contributed by atoms with van der Waals surface area (Å²) in [5, 5.41) is 0.599. The standard InChI is InChI=1S/C22H17ClN2O3/c23-16-5-9-20-21(13-16)28-22(25-20)10-6-17(26)12-15-3-7-18(8-4-15)27-19-2-1-11-24-14-19/h1-5,7-9,11,13-14H,6,10,12H2. The summed E-state index contributed by atoms with van der Waals surface area (Å²) < 4.78 is 11.4. The molecule has 0 radical (unpaired) electrons. The zero-order valence-corrected chi connectivity index (χ0v) is 15.7. The maximum atomic E-state index is 12.3. The highest BCUT2D eigenvalue weighted by Gasteiger charge is 2.10. The number of hydrogen-bond donors (Lipinski definition) is 0. The van der Waals surface area contributed by atoms with Crippen molar-refractivity contribution in [3.05, 3.63) is 83.5 Å². The Balaban J connectivity index is 1.31. The summed E-state index contributed by atoms with van der Waals surface area (Å²) in [6.45, 7) is 0. The summed E-state index contributed by atoms with van der Waals surface area (Å²) in [6.07, 6.45) is 4.54. The number of carbonyl (C=O) groups is 1. The van der Waals surface area contributed by atoms with E-state index >= 15 is 0 Å². The molecule has 0 saturated heterocycles. The summed E-state index contributed by atoms with van der Waals surface area (Å²) in [6, 6.07) is 16.4. The number of oxazole rings is 1. The third-order valence-corrected chi connectivity index (χ3v) is 4.44. The van der Waals surface area contributed by atoms with E-state index in [1.165, 1.54) is 0 Å². The second-order valence-corrected chi connectivity index (χ2v) is 6.81. The Morgan fingerprint density at radius 3 is 2.71 bits per heavy atom. The lowest BCUT2D eigenvalue weighted by atomic mass is 10.1. The molecule has 0 aliphatic rings. The Bertz CT molecular complexity index is 1090. The predicted octanol–water partition coefficient (Wildman–Crippen LogP) is 5.41. The number of ketones is 1. The molecule has 0 unspecified atom stereocenters. The van der Waals surface area contributed by atoms with Gasteiger partial charge in [-0.15, -0.1) is 0 Å². The van der Waals surface area contributed by atoms with Crippen LogP contribution in [-0.4, -0.2) is 15.8 Å². The maximum absolute atomic E-state index is 12.3. The number of aryl methyl sites for hydroxylation is 1. The number of benzene rings is 2. The molecule has 0 amide bonds. The minimum Gasteiger partial charge on any atom is -0.456 e. The molecule has 4 aromatic rings. The Hall–Kier alpha value is -3.18. The van der Waals surface area contributed by atoms with Crippen molar-refractivity contribution in [2.75, 3.05) is 0 Å². The topological polar surface area (TPSA) is 65.2 Å². The Morgan fingerprint density at radius 2 is 1.93 bits per heavy atom. The van der Waals surface area contributed by atoms with Gasteiger partial charge in [-0.25, -0.2) is 4.98 Å². The lowest BCUT2D eigenvalue weighted by Crippen LogP contribution is -2.04. The van der Waals surface area contributed by atoms with E-state index in [0.717, 1.165) is 11.1 Å². The SMILES string of the molecule is O=C(CCc1nc2ccc(Cl)cc2o1)Cc1ccc(Oc2cccnc2)cc1. The van der Waals surface area contributed by atoms with E-state index in [2.05, 4.69) is 9.97 Å². The Morgan fingerprint density at radius 1 is 1.07 bits per heavy atom. The number of carbonyl (C=O) groups excluding carboxylic acids is 1. The van der Waals surface area contributed by atoms with Gasteiger partial charge in [0.05, 0.1) is 6.20 Å². The normalized spacial score (nSPS) is 10.9. The molecule has 0 saturated carbocycles. The molecule has 4 rings (SSSR count). The van der Waals surface area contributed by atoms with Crippen LogP contribution in [0.2, 0.25) is 5.02 Å². The first kappa shape index (κ1) is 18.2. The first-order valence-corrected chi connectivity index (χ1v) is 9.27. The largest absolute Gasteiger partial charge is 0.456 e. The highest BCUT2D eigenvalue weighted by Crippen LogP contribution is 2.22. The van der Waals surface area contributed by atoms with Crippen LogP contribution in [0.1, 0.15) is 17.9 Å². The molecule has 5 nitrogen and oxygen atoms in total. The zero-order chi connectivity index (χ0) is 19.3. The molecule has 2 aromatic heterocycles. The molecule has 0 fully saturated rings. The Labute approximate surface area is 166 Å². The summed E-state index contributed by atoms with van der Waals surface area (Å²) in [7, 11) is 0. The predicted molar refractivity (Wildman–Crippen MR) is 107 cm³/mol. The van der Waals surface area contributed by atoms with Gasteiger partial charge in [0.1, 0.15) is 22.8 Å². The highest BCUT2D eigenvalue weighted by molar-refractivity contribution is 6.31. The number of pyridine rings is 1. The number of nitrogens with zero attached hydrogens (tertiary/aromatic N) is 2. The summed E-state index contributed by atoms with van der Waals surface area (Å²) >= 11 is 5.95. The average Bonchev–Trinajstić information content (AvgIpc) is 3.11. The molecule has 0 spiro atoms. The molecular formula is C22H17ClN2O3. The van der Waals surface area contributed by atoms with Crippen LogP contribution in [0.15, 0.2) is 71.4 Å². The molecule has 0 aliphatic heterocycles. The van der Waals surface area contributed by atoms with E-state index in [1.807, 2.05) is 42.5 Å². The maximum Gasteiger partial charge on any atom is 0.195 e. The molecule has 2 heterocycles. The van der Waals surface area contributed by atoms with Gasteiger partial charge in [-0.3, -0.25) is 9.78 Å². The molecule has 0 aliphatic carbocycles. The number of halogens is 1. The lowest BCUT2D eigenvalue weighted by Gasteiger charge is -2.06. The van der Waals surface area contributed by atoms with Crippen molar-refractivity contribution in [3.8, 4) is 11.5 Å². The number of rotatable bonds is 7. The second-order valence-electron chi connectivity index (χ2n) is 6.37. The third-order valence-electron chi connectivity index (χ3n) is 4.21. The van der Waals surface area contributed by atoms with Gasteiger partial charge >= 0.3 is 0 Å². The van der Waals surface area contributed by atoms with Gasteiger partial charge in [0.25, 0.3) is 0 Å². The number of Topliss-reactive ketones (excluding diaryl/α,β-unsaturated/α-hetero) is 1. The average molecular weight is 393 g/mol. The second kappa shape index (κ2) is 8.23. The van der Waals surface area contributed by atoms with Gasteiger partial charge in [0, 0.05) is 36.5 Å². The molecular weight excluding hydrogens is 376 g/mol. The van der Waals surface area contributed by atoms with Crippen molar-refractivity contribution in [2.24, 2.45) is 0 Å². The molecule has 0 N–H and O–H groups in total. The number of ether oxygens (including phenoxy) is 1. The fraction of sp³-hybridized carbons (Fsp3) is 0.136. The molecule has 28 heavy (non-hydrogen) atoms. The molecule has 0 atom stereocenters.